The van der Waals surface area contributed by atoms with Gasteiger partial charge in [-0.1, -0.05) is 19.0 Å². The number of aryl methyl sites for hydroxylation is 1. The monoisotopic (exact) mass is 371 g/mol. The highest BCUT2D eigenvalue weighted by Gasteiger charge is 2.27. The van der Waals surface area contributed by atoms with Crippen molar-refractivity contribution in [3.8, 4) is 0 Å². The maximum absolute atomic E-state index is 13.2. The molecule has 3 aromatic rings. The van der Waals surface area contributed by atoms with Crippen molar-refractivity contribution in [3.05, 3.63) is 34.6 Å². The minimum atomic E-state index is 0.0180. The van der Waals surface area contributed by atoms with Crippen molar-refractivity contribution in [1.29, 1.82) is 0 Å². The van der Waals surface area contributed by atoms with E-state index >= 15 is 0 Å². The molecule has 0 aliphatic carbocycles. The molecule has 1 aliphatic rings. The van der Waals surface area contributed by atoms with Crippen LogP contribution in [0.1, 0.15) is 41.5 Å². The van der Waals surface area contributed by atoms with E-state index in [1.165, 1.54) is 0 Å². The lowest BCUT2D eigenvalue weighted by Gasteiger charge is -2.34. The van der Waals surface area contributed by atoms with Crippen LogP contribution in [0.4, 0.5) is 5.13 Å². The number of anilines is 1. The van der Waals surface area contributed by atoms with Gasteiger partial charge in [-0.15, -0.1) is 11.3 Å². The Morgan fingerprint density at radius 2 is 2.04 bits per heavy atom. The van der Waals surface area contributed by atoms with E-state index in [-0.39, 0.29) is 11.8 Å². The molecule has 7 nitrogen and oxygen atoms in total. The first-order valence-electron chi connectivity index (χ1n) is 8.75. The lowest BCUT2D eigenvalue weighted by molar-refractivity contribution is 0.0748. The molecule has 136 valence electrons. The SMILES string of the molecule is Cc1noc2nc(C(C)C)cc(C(=O)N3CCN(c4nccs4)CC3)c12. The lowest BCUT2D eigenvalue weighted by atomic mass is 10.0. The van der Waals surface area contributed by atoms with Crippen molar-refractivity contribution in [2.75, 3.05) is 31.1 Å². The summed E-state index contributed by atoms with van der Waals surface area (Å²) in [6, 6.07) is 1.90. The van der Waals surface area contributed by atoms with E-state index < -0.39 is 0 Å². The zero-order valence-electron chi connectivity index (χ0n) is 15.1. The standard InChI is InChI=1S/C18H21N5O2S/c1-11(2)14-10-13(15-12(3)21-25-16(15)20-14)17(24)22-5-7-23(8-6-22)18-19-4-9-26-18/h4,9-11H,5-8H2,1-3H3. The molecule has 0 atom stereocenters. The van der Waals surface area contributed by atoms with Crippen molar-refractivity contribution in [2.45, 2.75) is 26.7 Å². The van der Waals surface area contributed by atoms with Gasteiger partial charge in [0, 0.05) is 43.4 Å². The number of pyridine rings is 1. The fourth-order valence-electron chi connectivity index (χ4n) is 3.22. The van der Waals surface area contributed by atoms with Crippen molar-refractivity contribution >= 4 is 33.5 Å². The number of hydrogen-bond donors (Lipinski definition) is 0. The summed E-state index contributed by atoms with van der Waals surface area (Å²) in [5.41, 5.74) is 2.63. The summed E-state index contributed by atoms with van der Waals surface area (Å²) in [6.07, 6.45) is 1.81. The van der Waals surface area contributed by atoms with Gasteiger partial charge in [0.2, 0.25) is 0 Å². The van der Waals surface area contributed by atoms with Crippen LogP contribution in [0.15, 0.2) is 22.2 Å². The molecule has 1 aliphatic heterocycles. The molecule has 0 N–H and O–H groups in total. The van der Waals surface area contributed by atoms with Crippen molar-refractivity contribution in [1.82, 2.24) is 20.0 Å². The molecule has 4 rings (SSSR count). The number of thiazole rings is 1. The third-order valence-electron chi connectivity index (χ3n) is 4.72. The van der Waals surface area contributed by atoms with Crippen LogP contribution in [0.25, 0.3) is 11.1 Å². The fraction of sp³-hybridized carbons (Fsp3) is 0.444. The van der Waals surface area contributed by atoms with E-state index in [4.69, 9.17) is 4.52 Å². The van der Waals surface area contributed by atoms with Crippen LogP contribution in [0.5, 0.6) is 0 Å². The van der Waals surface area contributed by atoms with Crippen LogP contribution in [0.3, 0.4) is 0 Å². The normalized spacial score (nSPS) is 15.2. The van der Waals surface area contributed by atoms with Gasteiger partial charge in [-0.2, -0.15) is 0 Å². The van der Waals surface area contributed by atoms with E-state index in [2.05, 4.69) is 33.9 Å². The molecule has 8 heteroatoms. The summed E-state index contributed by atoms with van der Waals surface area (Å²) in [5, 5.41) is 7.72. The van der Waals surface area contributed by atoms with Crippen molar-refractivity contribution < 1.29 is 9.32 Å². The van der Waals surface area contributed by atoms with Gasteiger partial charge in [0.1, 0.15) is 0 Å². The van der Waals surface area contributed by atoms with Gasteiger partial charge in [0.25, 0.3) is 11.6 Å². The molecule has 26 heavy (non-hydrogen) atoms. The smallest absolute Gasteiger partial charge is 0.259 e. The topological polar surface area (TPSA) is 75.4 Å². The number of nitrogens with zero attached hydrogens (tertiary/aromatic N) is 5. The van der Waals surface area contributed by atoms with Gasteiger partial charge in [-0.25, -0.2) is 9.97 Å². The number of rotatable bonds is 3. The van der Waals surface area contributed by atoms with Crippen LogP contribution in [-0.4, -0.2) is 52.1 Å². The number of carbonyl (C=O) groups excluding carboxylic acids is 1. The molecule has 1 amide bonds. The predicted octanol–water partition coefficient (Wildman–Crippen LogP) is 3.07. The first kappa shape index (κ1) is 17.0. The van der Waals surface area contributed by atoms with Crippen LogP contribution in [-0.2, 0) is 0 Å². The van der Waals surface area contributed by atoms with E-state index in [1.807, 2.05) is 29.5 Å². The Bertz CT molecular complexity index is 927. The second-order valence-electron chi connectivity index (χ2n) is 6.79. The molecular weight excluding hydrogens is 350 g/mol. The Morgan fingerprint density at radius 3 is 2.69 bits per heavy atom. The highest BCUT2D eigenvalue weighted by atomic mass is 32.1. The Morgan fingerprint density at radius 1 is 1.27 bits per heavy atom. The summed E-state index contributed by atoms with van der Waals surface area (Å²) in [6.45, 7) is 8.87. The van der Waals surface area contributed by atoms with Crippen LogP contribution < -0.4 is 4.90 Å². The lowest BCUT2D eigenvalue weighted by Crippen LogP contribution is -2.48. The number of amides is 1. The van der Waals surface area contributed by atoms with Crippen molar-refractivity contribution in [2.24, 2.45) is 0 Å². The molecule has 1 fully saturated rings. The van der Waals surface area contributed by atoms with Gasteiger partial charge < -0.3 is 14.3 Å². The van der Waals surface area contributed by atoms with Crippen LogP contribution in [0, 0.1) is 6.92 Å². The molecule has 4 heterocycles. The summed E-state index contributed by atoms with van der Waals surface area (Å²) in [7, 11) is 0. The first-order chi connectivity index (χ1) is 12.5. The van der Waals surface area contributed by atoms with Gasteiger partial charge in [0.05, 0.1) is 16.6 Å². The highest BCUT2D eigenvalue weighted by molar-refractivity contribution is 7.13. The van der Waals surface area contributed by atoms with Gasteiger partial charge in [-0.05, 0) is 18.9 Å². The summed E-state index contributed by atoms with van der Waals surface area (Å²) < 4.78 is 5.34. The molecule has 0 saturated carbocycles. The van der Waals surface area contributed by atoms with E-state index in [0.717, 1.165) is 29.3 Å². The zero-order valence-corrected chi connectivity index (χ0v) is 15.9. The molecule has 0 radical (unpaired) electrons. The number of aromatic nitrogens is 3. The molecule has 1 saturated heterocycles. The Hall–Kier alpha value is -2.48. The van der Waals surface area contributed by atoms with E-state index in [1.54, 1.807) is 11.3 Å². The van der Waals surface area contributed by atoms with Gasteiger partial charge >= 0.3 is 0 Å². The van der Waals surface area contributed by atoms with Gasteiger partial charge in [-0.3, -0.25) is 4.79 Å². The Kier molecular flexibility index (Phi) is 4.36. The Balaban J connectivity index is 1.61. The largest absolute Gasteiger partial charge is 0.345 e. The maximum Gasteiger partial charge on any atom is 0.259 e. The summed E-state index contributed by atoms with van der Waals surface area (Å²) >= 11 is 1.63. The molecule has 0 unspecified atom stereocenters. The number of piperazine rings is 1. The Labute approximate surface area is 155 Å². The fourth-order valence-corrected chi connectivity index (χ4v) is 3.92. The second-order valence-corrected chi connectivity index (χ2v) is 7.66. The summed E-state index contributed by atoms with van der Waals surface area (Å²) in [4.78, 5) is 26.2. The van der Waals surface area contributed by atoms with E-state index in [9.17, 15) is 4.79 Å². The minimum absolute atomic E-state index is 0.0180. The molecule has 0 spiro atoms. The zero-order chi connectivity index (χ0) is 18.3. The predicted molar refractivity (Wildman–Crippen MR) is 101 cm³/mol. The minimum Gasteiger partial charge on any atom is -0.345 e. The maximum atomic E-state index is 13.2. The number of hydrogen-bond acceptors (Lipinski definition) is 7. The average molecular weight is 371 g/mol. The quantitative estimate of drug-likeness (QED) is 0.704. The highest BCUT2D eigenvalue weighted by Crippen LogP contribution is 2.27. The third kappa shape index (κ3) is 2.94. The number of fused-ring (bicyclic) bond motifs is 1. The number of carbonyl (C=O) groups is 1. The molecular formula is C18H21N5O2S. The van der Waals surface area contributed by atoms with Crippen molar-refractivity contribution in [3.63, 3.8) is 0 Å². The average Bonchev–Trinajstić information content (AvgIpc) is 3.31. The molecule has 0 bridgehead atoms. The molecule has 0 aromatic carbocycles. The van der Waals surface area contributed by atoms with Crippen LogP contribution in [0.2, 0.25) is 0 Å². The first-order valence-corrected chi connectivity index (χ1v) is 9.63. The third-order valence-corrected chi connectivity index (χ3v) is 5.55. The molecule has 3 aromatic heterocycles. The summed E-state index contributed by atoms with van der Waals surface area (Å²) in [5.74, 6) is 0.225. The second kappa shape index (κ2) is 6.68. The van der Waals surface area contributed by atoms with Crippen LogP contribution >= 0.6 is 11.3 Å². The van der Waals surface area contributed by atoms with Gasteiger partial charge in [0.15, 0.2) is 5.13 Å². The van der Waals surface area contributed by atoms with E-state index in [0.29, 0.717) is 30.1 Å².